The molecule has 0 saturated heterocycles. The van der Waals surface area contributed by atoms with Crippen LogP contribution in [-0.4, -0.2) is 25.2 Å². The molecule has 3 aromatic rings. The van der Waals surface area contributed by atoms with Crippen molar-refractivity contribution in [1.82, 2.24) is 19.3 Å². The molecule has 3 aromatic heterocycles. The largest absolute Gasteiger partial charge is 0.417 e. The van der Waals surface area contributed by atoms with Crippen molar-refractivity contribution in [3.05, 3.63) is 51.2 Å². The number of aryl methyl sites for hydroxylation is 3. The molecule has 11 heteroatoms. The summed E-state index contributed by atoms with van der Waals surface area (Å²) in [7, 11) is 1.49. The summed E-state index contributed by atoms with van der Waals surface area (Å²) in [6, 6.07) is 3.67. The fraction of sp³-hybridized carbons (Fsp3) is 0.294. The van der Waals surface area contributed by atoms with Gasteiger partial charge in [0.2, 0.25) is 5.91 Å². The number of carbonyl (C=O) groups excluding carboxylic acids is 1. The number of anilines is 1. The number of hydrogen-bond donors (Lipinski definition) is 1. The maximum atomic E-state index is 13.3. The molecule has 0 spiro atoms. The zero-order valence-corrected chi connectivity index (χ0v) is 15.6. The van der Waals surface area contributed by atoms with Crippen molar-refractivity contribution < 1.29 is 18.0 Å². The first-order valence-corrected chi connectivity index (χ1v) is 8.52. The van der Waals surface area contributed by atoms with E-state index in [9.17, 15) is 22.8 Å². The van der Waals surface area contributed by atoms with Crippen molar-refractivity contribution in [3.8, 4) is 0 Å². The first-order chi connectivity index (χ1) is 13.1. The van der Waals surface area contributed by atoms with E-state index in [0.717, 1.165) is 4.57 Å². The molecule has 28 heavy (non-hydrogen) atoms. The van der Waals surface area contributed by atoms with Crippen molar-refractivity contribution in [2.45, 2.75) is 26.1 Å². The highest BCUT2D eigenvalue weighted by molar-refractivity contribution is 6.32. The number of carbonyl (C=O) groups is 1. The van der Waals surface area contributed by atoms with Crippen LogP contribution in [0.4, 0.5) is 18.9 Å². The summed E-state index contributed by atoms with van der Waals surface area (Å²) in [6.07, 6.45) is -3.40. The van der Waals surface area contributed by atoms with Crippen LogP contribution in [0.1, 0.15) is 17.7 Å². The van der Waals surface area contributed by atoms with Crippen LogP contribution >= 0.6 is 11.6 Å². The molecule has 1 N–H and O–H groups in total. The van der Waals surface area contributed by atoms with Crippen LogP contribution in [0, 0.1) is 6.92 Å². The van der Waals surface area contributed by atoms with Gasteiger partial charge in [0.1, 0.15) is 0 Å². The Morgan fingerprint density at radius 1 is 1.36 bits per heavy atom. The van der Waals surface area contributed by atoms with E-state index >= 15 is 0 Å². The Labute approximate surface area is 161 Å². The third-order valence-electron chi connectivity index (χ3n) is 4.28. The highest BCUT2D eigenvalue weighted by Gasteiger charge is 2.35. The maximum absolute atomic E-state index is 13.3. The normalized spacial score (nSPS) is 11.8. The number of nitrogens with zero attached hydrogens (tertiary/aromatic N) is 4. The van der Waals surface area contributed by atoms with Crippen molar-refractivity contribution in [2.75, 3.05) is 5.32 Å². The van der Waals surface area contributed by atoms with Gasteiger partial charge in [-0.1, -0.05) is 11.6 Å². The number of pyridine rings is 2. The third kappa shape index (κ3) is 3.72. The smallest absolute Gasteiger partial charge is 0.323 e. The summed E-state index contributed by atoms with van der Waals surface area (Å²) in [5.41, 5.74) is -1.48. The van der Waals surface area contributed by atoms with Gasteiger partial charge in [-0.3, -0.25) is 18.8 Å². The second-order valence-corrected chi connectivity index (χ2v) is 6.45. The molecule has 0 aliphatic carbocycles. The molecule has 0 aliphatic rings. The van der Waals surface area contributed by atoms with E-state index in [1.807, 2.05) is 0 Å². The fourth-order valence-electron chi connectivity index (χ4n) is 2.82. The number of halogens is 4. The minimum absolute atomic E-state index is 0.102. The van der Waals surface area contributed by atoms with E-state index in [-0.39, 0.29) is 34.8 Å². The molecule has 0 bridgehead atoms. The van der Waals surface area contributed by atoms with E-state index in [1.54, 1.807) is 12.1 Å². The number of fused-ring (bicyclic) bond motifs is 1. The minimum atomic E-state index is -4.70. The lowest BCUT2D eigenvalue weighted by Crippen LogP contribution is -2.25. The first kappa shape index (κ1) is 19.9. The highest BCUT2D eigenvalue weighted by Crippen LogP contribution is 2.35. The Hall–Kier alpha value is -2.88. The van der Waals surface area contributed by atoms with Gasteiger partial charge in [0.25, 0.3) is 5.56 Å². The molecule has 7 nitrogen and oxygen atoms in total. The van der Waals surface area contributed by atoms with Crippen LogP contribution in [0.15, 0.2) is 29.2 Å². The predicted octanol–water partition coefficient (Wildman–Crippen LogP) is 3.14. The Balaban J connectivity index is 1.93. The predicted molar refractivity (Wildman–Crippen MR) is 97.2 cm³/mol. The molecule has 0 unspecified atom stereocenters. The SMILES string of the molecule is Cc1c2c(C(F)(F)F)cc(=O)n(CCC(=O)Nc3cccnc3Cl)c2nn1C. The van der Waals surface area contributed by atoms with Gasteiger partial charge in [0.15, 0.2) is 10.8 Å². The zero-order chi connectivity index (χ0) is 20.6. The molecule has 0 aliphatic heterocycles. The van der Waals surface area contributed by atoms with Gasteiger partial charge in [-0.2, -0.15) is 18.3 Å². The molecule has 0 saturated carbocycles. The summed E-state index contributed by atoms with van der Waals surface area (Å²) < 4.78 is 42.4. The van der Waals surface area contributed by atoms with Crippen LogP contribution in [-0.2, 0) is 24.6 Å². The summed E-state index contributed by atoms with van der Waals surface area (Å²) in [5, 5.41) is 6.53. The summed E-state index contributed by atoms with van der Waals surface area (Å²) >= 11 is 5.87. The van der Waals surface area contributed by atoms with Crippen molar-refractivity contribution in [2.24, 2.45) is 7.05 Å². The molecular weight excluding hydrogens is 399 g/mol. The summed E-state index contributed by atoms with van der Waals surface area (Å²) in [6.45, 7) is 1.34. The van der Waals surface area contributed by atoms with E-state index in [2.05, 4.69) is 15.4 Å². The maximum Gasteiger partial charge on any atom is 0.417 e. The number of hydrogen-bond acceptors (Lipinski definition) is 4. The van der Waals surface area contributed by atoms with E-state index in [1.165, 1.54) is 24.9 Å². The lowest BCUT2D eigenvalue weighted by Gasteiger charge is -2.12. The molecule has 3 rings (SSSR count). The first-order valence-electron chi connectivity index (χ1n) is 8.14. The molecule has 3 heterocycles. The molecule has 0 aromatic carbocycles. The zero-order valence-electron chi connectivity index (χ0n) is 14.8. The molecule has 0 fully saturated rings. The Bertz CT molecular complexity index is 1120. The van der Waals surface area contributed by atoms with Gasteiger partial charge in [-0.15, -0.1) is 0 Å². The van der Waals surface area contributed by atoms with Gasteiger partial charge < -0.3 is 5.32 Å². The van der Waals surface area contributed by atoms with E-state index in [0.29, 0.717) is 11.8 Å². The summed E-state index contributed by atoms with van der Waals surface area (Å²) in [4.78, 5) is 28.3. The molecular formula is C17H15ClF3N5O2. The van der Waals surface area contributed by atoms with Gasteiger partial charge >= 0.3 is 6.18 Å². The van der Waals surface area contributed by atoms with Crippen LogP contribution in [0.3, 0.4) is 0 Å². The van der Waals surface area contributed by atoms with Gasteiger partial charge in [0, 0.05) is 38.0 Å². The van der Waals surface area contributed by atoms with Gasteiger partial charge in [-0.05, 0) is 19.1 Å². The second kappa shape index (κ2) is 7.27. The monoisotopic (exact) mass is 413 g/mol. The average Bonchev–Trinajstić information content (AvgIpc) is 2.89. The van der Waals surface area contributed by atoms with Gasteiger partial charge in [-0.25, -0.2) is 4.98 Å². The Morgan fingerprint density at radius 2 is 2.07 bits per heavy atom. The lowest BCUT2D eigenvalue weighted by molar-refractivity contribution is -0.136. The molecule has 0 atom stereocenters. The van der Waals surface area contributed by atoms with Gasteiger partial charge in [0.05, 0.1) is 16.6 Å². The lowest BCUT2D eigenvalue weighted by atomic mass is 10.1. The van der Waals surface area contributed by atoms with Crippen LogP contribution in [0.25, 0.3) is 11.0 Å². The van der Waals surface area contributed by atoms with Crippen LogP contribution < -0.4 is 10.9 Å². The van der Waals surface area contributed by atoms with E-state index in [4.69, 9.17) is 11.6 Å². The number of aromatic nitrogens is 4. The highest BCUT2D eigenvalue weighted by atomic mass is 35.5. The standard InChI is InChI=1S/C17H15ClF3N5O2/c1-9-14-10(17(19,20)21)8-13(28)26(16(14)24-25(9)2)7-5-12(27)23-11-4-3-6-22-15(11)18/h3-4,6,8H,5,7H2,1-2H3,(H,23,27). The van der Waals surface area contributed by atoms with Crippen molar-refractivity contribution in [1.29, 1.82) is 0 Å². The minimum Gasteiger partial charge on any atom is -0.323 e. The second-order valence-electron chi connectivity index (χ2n) is 6.09. The fourth-order valence-corrected chi connectivity index (χ4v) is 2.98. The number of alkyl halides is 3. The quantitative estimate of drug-likeness (QED) is 0.666. The van der Waals surface area contributed by atoms with Crippen LogP contribution in [0.5, 0.6) is 0 Å². The topological polar surface area (TPSA) is 81.8 Å². The average molecular weight is 414 g/mol. The molecule has 148 valence electrons. The number of nitrogens with one attached hydrogen (secondary N) is 1. The molecule has 1 amide bonds. The molecule has 0 radical (unpaired) electrons. The van der Waals surface area contributed by atoms with Crippen molar-refractivity contribution in [3.63, 3.8) is 0 Å². The van der Waals surface area contributed by atoms with Crippen molar-refractivity contribution >= 4 is 34.2 Å². The van der Waals surface area contributed by atoms with E-state index < -0.39 is 23.2 Å². The third-order valence-corrected chi connectivity index (χ3v) is 4.58. The number of rotatable bonds is 4. The van der Waals surface area contributed by atoms with Crippen LogP contribution in [0.2, 0.25) is 5.15 Å². The summed E-state index contributed by atoms with van der Waals surface area (Å²) in [5.74, 6) is -0.470. The Kier molecular flexibility index (Phi) is 5.16. The Morgan fingerprint density at radius 3 is 2.71 bits per heavy atom. The number of amides is 1.